The molecule has 0 radical (unpaired) electrons. The first-order valence-corrected chi connectivity index (χ1v) is 7.59. The van der Waals surface area contributed by atoms with Gasteiger partial charge in [0, 0.05) is 11.9 Å². The Balaban J connectivity index is 1.94. The van der Waals surface area contributed by atoms with E-state index in [-0.39, 0.29) is 5.91 Å². The van der Waals surface area contributed by atoms with Gasteiger partial charge in [-0.1, -0.05) is 32.0 Å². The summed E-state index contributed by atoms with van der Waals surface area (Å²) in [7, 11) is 0. The maximum atomic E-state index is 12.7. The molecule has 4 nitrogen and oxygen atoms in total. The third-order valence-electron chi connectivity index (χ3n) is 3.77. The van der Waals surface area contributed by atoms with Gasteiger partial charge in [0.15, 0.2) is 0 Å². The Morgan fingerprint density at radius 2 is 1.86 bits per heavy atom. The van der Waals surface area contributed by atoms with E-state index in [9.17, 15) is 4.79 Å². The van der Waals surface area contributed by atoms with Gasteiger partial charge < -0.3 is 5.32 Å². The molecule has 0 aliphatic carbocycles. The smallest absolute Gasteiger partial charge is 0.274 e. The number of amides is 1. The largest absolute Gasteiger partial charge is 0.321 e. The maximum Gasteiger partial charge on any atom is 0.274 e. The van der Waals surface area contributed by atoms with Gasteiger partial charge in [-0.2, -0.15) is 0 Å². The summed E-state index contributed by atoms with van der Waals surface area (Å²) in [5.41, 5.74) is 4.27. The highest BCUT2D eigenvalue weighted by Gasteiger charge is 2.17. The molecule has 1 amide bonds. The first kappa shape index (κ1) is 14.3. The summed E-state index contributed by atoms with van der Waals surface area (Å²) in [6, 6.07) is 13.7. The molecule has 0 saturated heterocycles. The SMILES string of the molecule is CCc1ccc(NC(=O)c2c(CC)nc3ccccn23)cc1. The minimum Gasteiger partial charge on any atom is -0.321 e. The van der Waals surface area contributed by atoms with Gasteiger partial charge in [0.2, 0.25) is 0 Å². The Kier molecular flexibility index (Phi) is 3.92. The molecule has 3 aromatic rings. The quantitative estimate of drug-likeness (QED) is 0.797. The lowest BCUT2D eigenvalue weighted by Gasteiger charge is -2.07. The van der Waals surface area contributed by atoms with E-state index in [1.807, 2.05) is 60.0 Å². The normalized spacial score (nSPS) is 10.8. The van der Waals surface area contributed by atoms with Gasteiger partial charge in [-0.3, -0.25) is 9.20 Å². The molecule has 4 heteroatoms. The predicted molar refractivity (Wildman–Crippen MR) is 88.3 cm³/mol. The van der Waals surface area contributed by atoms with Crippen LogP contribution in [0, 0.1) is 0 Å². The lowest BCUT2D eigenvalue weighted by molar-refractivity contribution is 0.102. The van der Waals surface area contributed by atoms with Crippen molar-refractivity contribution >= 4 is 17.2 Å². The highest BCUT2D eigenvalue weighted by atomic mass is 16.2. The summed E-state index contributed by atoms with van der Waals surface area (Å²) in [6.07, 6.45) is 3.58. The fraction of sp³-hybridized carbons (Fsp3) is 0.222. The number of carbonyl (C=O) groups excluding carboxylic acids is 1. The molecule has 0 saturated carbocycles. The van der Waals surface area contributed by atoms with Gasteiger partial charge in [0.1, 0.15) is 11.3 Å². The van der Waals surface area contributed by atoms with Crippen molar-refractivity contribution < 1.29 is 4.79 Å². The average molecular weight is 293 g/mol. The molecular weight excluding hydrogens is 274 g/mol. The Bertz CT molecular complexity index is 803. The number of pyridine rings is 1. The highest BCUT2D eigenvalue weighted by molar-refractivity contribution is 6.04. The second kappa shape index (κ2) is 6.02. The Hall–Kier alpha value is -2.62. The summed E-state index contributed by atoms with van der Waals surface area (Å²) in [4.78, 5) is 17.2. The molecule has 112 valence electrons. The van der Waals surface area contributed by atoms with Crippen molar-refractivity contribution in [1.82, 2.24) is 9.38 Å². The molecule has 22 heavy (non-hydrogen) atoms. The Labute approximate surface area is 129 Å². The van der Waals surface area contributed by atoms with Crippen molar-refractivity contribution in [2.75, 3.05) is 5.32 Å². The molecule has 1 aromatic carbocycles. The summed E-state index contributed by atoms with van der Waals surface area (Å²) >= 11 is 0. The van der Waals surface area contributed by atoms with Crippen LogP contribution >= 0.6 is 0 Å². The number of anilines is 1. The van der Waals surface area contributed by atoms with E-state index in [1.165, 1.54) is 5.56 Å². The van der Waals surface area contributed by atoms with Gasteiger partial charge in [-0.15, -0.1) is 0 Å². The second-order valence-corrected chi connectivity index (χ2v) is 5.19. The molecule has 3 rings (SSSR count). The van der Waals surface area contributed by atoms with Gasteiger partial charge in [-0.25, -0.2) is 4.98 Å². The standard InChI is InChI=1S/C18H19N3O/c1-3-13-8-10-14(11-9-13)19-18(22)17-15(4-2)20-16-7-5-6-12-21(16)17/h5-12H,3-4H2,1-2H3,(H,19,22). The van der Waals surface area contributed by atoms with Gasteiger partial charge >= 0.3 is 0 Å². The van der Waals surface area contributed by atoms with Gasteiger partial charge in [0.25, 0.3) is 5.91 Å². The van der Waals surface area contributed by atoms with Crippen LogP contribution in [0.15, 0.2) is 48.7 Å². The van der Waals surface area contributed by atoms with Crippen LogP contribution in [0.25, 0.3) is 5.65 Å². The van der Waals surface area contributed by atoms with E-state index in [4.69, 9.17) is 0 Å². The first-order valence-electron chi connectivity index (χ1n) is 7.59. The molecule has 0 fully saturated rings. The lowest BCUT2D eigenvalue weighted by atomic mass is 10.1. The van der Waals surface area contributed by atoms with Crippen molar-refractivity contribution in [2.24, 2.45) is 0 Å². The molecular formula is C18H19N3O. The van der Waals surface area contributed by atoms with Gasteiger partial charge in [0.05, 0.1) is 5.69 Å². The fourth-order valence-corrected chi connectivity index (χ4v) is 2.55. The van der Waals surface area contributed by atoms with Crippen LogP contribution in [0.4, 0.5) is 5.69 Å². The zero-order chi connectivity index (χ0) is 15.5. The second-order valence-electron chi connectivity index (χ2n) is 5.19. The monoisotopic (exact) mass is 293 g/mol. The minimum absolute atomic E-state index is 0.125. The van der Waals surface area contributed by atoms with Crippen LogP contribution in [-0.2, 0) is 12.8 Å². The Morgan fingerprint density at radius 3 is 2.55 bits per heavy atom. The van der Waals surface area contributed by atoms with Crippen LogP contribution < -0.4 is 5.32 Å². The molecule has 0 bridgehead atoms. The zero-order valence-electron chi connectivity index (χ0n) is 12.8. The Morgan fingerprint density at radius 1 is 1.09 bits per heavy atom. The first-order chi connectivity index (χ1) is 10.7. The van der Waals surface area contributed by atoms with E-state index >= 15 is 0 Å². The third kappa shape index (κ3) is 2.60. The fourth-order valence-electron chi connectivity index (χ4n) is 2.55. The number of hydrogen-bond acceptors (Lipinski definition) is 2. The number of aryl methyl sites for hydroxylation is 2. The summed E-state index contributed by atoms with van der Waals surface area (Å²) in [6.45, 7) is 4.12. The van der Waals surface area contributed by atoms with Crippen molar-refractivity contribution in [1.29, 1.82) is 0 Å². The molecule has 2 aromatic heterocycles. The maximum absolute atomic E-state index is 12.7. The number of fused-ring (bicyclic) bond motifs is 1. The molecule has 0 aliphatic heterocycles. The van der Waals surface area contributed by atoms with Crippen LogP contribution in [0.5, 0.6) is 0 Å². The molecule has 0 spiro atoms. The number of aromatic nitrogens is 2. The molecule has 0 atom stereocenters. The predicted octanol–water partition coefficient (Wildman–Crippen LogP) is 3.71. The number of hydrogen-bond donors (Lipinski definition) is 1. The summed E-state index contributed by atoms with van der Waals surface area (Å²) in [5.74, 6) is -0.125. The van der Waals surface area contributed by atoms with Crippen molar-refractivity contribution in [2.45, 2.75) is 26.7 Å². The number of rotatable bonds is 4. The highest BCUT2D eigenvalue weighted by Crippen LogP contribution is 2.16. The van der Waals surface area contributed by atoms with Gasteiger partial charge in [-0.05, 0) is 42.7 Å². The van der Waals surface area contributed by atoms with E-state index in [2.05, 4.69) is 17.2 Å². The topological polar surface area (TPSA) is 46.4 Å². The van der Waals surface area contributed by atoms with Crippen LogP contribution in [-0.4, -0.2) is 15.3 Å². The molecule has 1 N–H and O–H groups in total. The molecule has 2 heterocycles. The third-order valence-corrected chi connectivity index (χ3v) is 3.77. The minimum atomic E-state index is -0.125. The number of carbonyl (C=O) groups is 1. The summed E-state index contributed by atoms with van der Waals surface area (Å²) in [5, 5.41) is 2.96. The van der Waals surface area contributed by atoms with E-state index < -0.39 is 0 Å². The average Bonchev–Trinajstić information content (AvgIpc) is 2.94. The van der Waals surface area contributed by atoms with Crippen molar-refractivity contribution in [3.63, 3.8) is 0 Å². The number of benzene rings is 1. The molecule has 0 unspecified atom stereocenters. The van der Waals surface area contributed by atoms with E-state index in [0.717, 1.165) is 29.9 Å². The number of nitrogens with zero attached hydrogens (tertiary/aromatic N) is 2. The van der Waals surface area contributed by atoms with E-state index in [1.54, 1.807) is 0 Å². The van der Waals surface area contributed by atoms with Crippen molar-refractivity contribution in [3.05, 3.63) is 65.6 Å². The van der Waals surface area contributed by atoms with E-state index in [0.29, 0.717) is 5.69 Å². The van der Waals surface area contributed by atoms with Crippen molar-refractivity contribution in [3.8, 4) is 0 Å². The number of nitrogens with one attached hydrogen (secondary N) is 1. The van der Waals surface area contributed by atoms with Crippen LogP contribution in [0.1, 0.15) is 35.6 Å². The lowest BCUT2D eigenvalue weighted by Crippen LogP contribution is -2.16. The van der Waals surface area contributed by atoms with Crippen LogP contribution in [0.2, 0.25) is 0 Å². The van der Waals surface area contributed by atoms with Crippen LogP contribution in [0.3, 0.4) is 0 Å². The number of imidazole rings is 1. The molecule has 0 aliphatic rings. The summed E-state index contributed by atoms with van der Waals surface area (Å²) < 4.78 is 1.84. The zero-order valence-corrected chi connectivity index (χ0v) is 12.8.